The summed E-state index contributed by atoms with van der Waals surface area (Å²) in [5, 5.41) is 12.9. The van der Waals surface area contributed by atoms with Gasteiger partial charge in [0.15, 0.2) is 0 Å². The Bertz CT molecular complexity index is 714. The predicted octanol–water partition coefficient (Wildman–Crippen LogP) is 3.41. The molecule has 0 bridgehead atoms. The Morgan fingerprint density at radius 3 is 2.38 bits per heavy atom. The maximum absolute atomic E-state index is 12.2. The number of benzene rings is 2. The molecule has 1 aliphatic heterocycles. The lowest BCUT2D eigenvalue weighted by molar-refractivity contribution is 0.198. The van der Waals surface area contributed by atoms with Gasteiger partial charge in [-0.15, -0.1) is 0 Å². The molecule has 0 saturated carbocycles. The Balaban J connectivity index is 1.68. The van der Waals surface area contributed by atoms with Crippen LogP contribution in [0.1, 0.15) is 11.1 Å². The second kappa shape index (κ2) is 8.00. The van der Waals surface area contributed by atoms with E-state index in [0.717, 1.165) is 11.1 Å². The van der Waals surface area contributed by atoms with Crippen molar-refractivity contribution in [3.63, 3.8) is 0 Å². The standard InChI is InChI=1S/C19H19N3OS/c20-11-17(21-12-15-7-3-1-4-8-15)18-14-24-19(23)22(18)13-16-9-5-2-6-10-16/h1-10,17-18,21H,12-14H2/t17?,18-/m0/s1. The van der Waals surface area contributed by atoms with Crippen LogP contribution in [0.25, 0.3) is 0 Å². The number of nitrogens with one attached hydrogen (secondary N) is 1. The molecule has 0 aromatic heterocycles. The fourth-order valence-corrected chi connectivity index (χ4v) is 3.85. The molecule has 3 rings (SSSR count). The Labute approximate surface area is 146 Å². The fourth-order valence-electron chi connectivity index (χ4n) is 2.79. The first-order chi connectivity index (χ1) is 11.8. The van der Waals surface area contributed by atoms with Gasteiger partial charge in [0.05, 0.1) is 12.1 Å². The van der Waals surface area contributed by atoms with Gasteiger partial charge in [-0.3, -0.25) is 10.1 Å². The molecule has 0 radical (unpaired) electrons. The Kier molecular flexibility index (Phi) is 5.52. The molecule has 24 heavy (non-hydrogen) atoms. The molecule has 5 heteroatoms. The topological polar surface area (TPSA) is 56.1 Å². The van der Waals surface area contributed by atoms with Crippen LogP contribution in [-0.2, 0) is 13.1 Å². The van der Waals surface area contributed by atoms with Crippen molar-refractivity contribution >= 4 is 17.0 Å². The molecule has 4 nitrogen and oxygen atoms in total. The van der Waals surface area contributed by atoms with Gasteiger partial charge in [0, 0.05) is 18.8 Å². The van der Waals surface area contributed by atoms with E-state index in [1.165, 1.54) is 11.8 Å². The summed E-state index contributed by atoms with van der Waals surface area (Å²) in [7, 11) is 0. The largest absolute Gasteiger partial charge is 0.323 e. The summed E-state index contributed by atoms with van der Waals surface area (Å²) < 4.78 is 0. The third kappa shape index (κ3) is 3.97. The van der Waals surface area contributed by atoms with Gasteiger partial charge < -0.3 is 4.90 Å². The van der Waals surface area contributed by atoms with Crippen molar-refractivity contribution in [2.24, 2.45) is 0 Å². The molecule has 1 aliphatic rings. The van der Waals surface area contributed by atoms with Crippen LogP contribution in [0.15, 0.2) is 60.7 Å². The normalized spacial score (nSPS) is 18.4. The number of thioether (sulfide) groups is 1. The summed E-state index contributed by atoms with van der Waals surface area (Å²) >= 11 is 1.29. The maximum Gasteiger partial charge on any atom is 0.282 e. The molecular weight excluding hydrogens is 318 g/mol. The lowest BCUT2D eigenvalue weighted by Gasteiger charge is -2.28. The van der Waals surface area contributed by atoms with E-state index in [-0.39, 0.29) is 17.3 Å². The number of amides is 1. The number of rotatable bonds is 6. The van der Waals surface area contributed by atoms with Gasteiger partial charge in [-0.05, 0) is 11.1 Å². The number of nitriles is 1. The number of nitrogens with zero attached hydrogens (tertiary/aromatic N) is 2. The van der Waals surface area contributed by atoms with Crippen LogP contribution >= 0.6 is 11.8 Å². The van der Waals surface area contributed by atoms with E-state index in [0.29, 0.717) is 18.8 Å². The van der Waals surface area contributed by atoms with E-state index < -0.39 is 0 Å². The summed E-state index contributed by atoms with van der Waals surface area (Å²) in [5.41, 5.74) is 2.21. The number of hydrogen-bond acceptors (Lipinski definition) is 4. The SMILES string of the molecule is N#CC(NCc1ccccc1)[C@@H]1CSC(=O)N1Cc1ccccc1. The van der Waals surface area contributed by atoms with Crippen molar-refractivity contribution in [2.45, 2.75) is 25.2 Å². The van der Waals surface area contributed by atoms with Gasteiger partial charge >= 0.3 is 0 Å². The van der Waals surface area contributed by atoms with Crippen molar-refractivity contribution < 1.29 is 4.79 Å². The molecule has 1 amide bonds. The number of carbonyl (C=O) groups is 1. The monoisotopic (exact) mass is 337 g/mol. The predicted molar refractivity (Wildman–Crippen MR) is 96.3 cm³/mol. The zero-order chi connectivity index (χ0) is 16.8. The highest BCUT2D eigenvalue weighted by molar-refractivity contribution is 8.13. The molecule has 122 valence electrons. The molecule has 0 aliphatic carbocycles. The van der Waals surface area contributed by atoms with Gasteiger partial charge in [0.2, 0.25) is 0 Å². The van der Waals surface area contributed by atoms with Gasteiger partial charge in [0.1, 0.15) is 6.04 Å². The van der Waals surface area contributed by atoms with Crippen LogP contribution in [0, 0.1) is 11.3 Å². The van der Waals surface area contributed by atoms with Gasteiger partial charge in [-0.1, -0.05) is 72.4 Å². The number of carbonyl (C=O) groups excluding carboxylic acids is 1. The molecule has 2 atom stereocenters. The summed E-state index contributed by atoms with van der Waals surface area (Å²) in [6.07, 6.45) is 0. The molecule has 1 saturated heterocycles. The summed E-state index contributed by atoms with van der Waals surface area (Å²) in [6.45, 7) is 1.16. The molecule has 2 aromatic rings. The first-order valence-electron chi connectivity index (χ1n) is 7.92. The maximum atomic E-state index is 12.2. The first-order valence-corrected chi connectivity index (χ1v) is 8.91. The van der Waals surface area contributed by atoms with Gasteiger partial charge in [-0.2, -0.15) is 5.26 Å². The smallest absolute Gasteiger partial charge is 0.282 e. The summed E-state index contributed by atoms with van der Waals surface area (Å²) in [6, 6.07) is 21.7. The third-order valence-electron chi connectivity index (χ3n) is 4.10. The van der Waals surface area contributed by atoms with Crippen molar-refractivity contribution in [3.05, 3.63) is 71.8 Å². The van der Waals surface area contributed by atoms with Gasteiger partial charge in [0.25, 0.3) is 5.24 Å². The molecule has 0 spiro atoms. The van der Waals surface area contributed by atoms with E-state index in [9.17, 15) is 10.1 Å². The highest BCUT2D eigenvalue weighted by atomic mass is 32.2. The van der Waals surface area contributed by atoms with E-state index in [2.05, 4.69) is 11.4 Å². The fraction of sp³-hybridized carbons (Fsp3) is 0.263. The third-order valence-corrected chi connectivity index (χ3v) is 5.09. The highest BCUT2D eigenvalue weighted by Crippen LogP contribution is 2.28. The zero-order valence-electron chi connectivity index (χ0n) is 13.3. The average Bonchev–Trinajstić information content (AvgIpc) is 2.98. The molecule has 2 aromatic carbocycles. The van der Waals surface area contributed by atoms with E-state index in [1.807, 2.05) is 65.6 Å². The lowest BCUT2D eigenvalue weighted by atomic mass is 10.1. The average molecular weight is 337 g/mol. The zero-order valence-corrected chi connectivity index (χ0v) is 14.1. The minimum absolute atomic E-state index is 0.0469. The van der Waals surface area contributed by atoms with Crippen LogP contribution in [0.5, 0.6) is 0 Å². The van der Waals surface area contributed by atoms with Crippen molar-refractivity contribution in [1.29, 1.82) is 5.26 Å². The van der Waals surface area contributed by atoms with Crippen LogP contribution in [0.2, 0.25) is 0 Å². The van der Waals surface area contributed by atoms with E-state index >= 15 is 0 Å². The Hall–Kier alpha value is -2.29. The minimum Gasteiger partial charge on any atom is -0.323 e. The van der Waals surface area contributed by atoms with Crippen LogP contribution in [-0.4, -0.2) is 28.0 Å². The first kappa shape index (κ1) is 16.6. The number of hydrogen-bond donors (Lipinski definition) is 1. The van der Waals surface area contributed by atoms with Crippen molar-refractivity contribution in [2.75, 3.05) is 5.75 Å². The molecular formula is C19H19N3OS. The van der Waals surface area contributed by atoms with E-state index in [1.54, 1.807) is 0 Å². The second-order valence-electron chi connectivity index (χ2n) is 5.73. The van der Waals surface area contributed by atoms with Crippen LogP contribution in [0.4, 0.5) is 4.79 Å². The molecule has 1 heterocycles. The Morgan fingerprint density at radius 2 is 1.75 bits per heavy atom. The molecule has 1 N–H and O–H groups in total. The van der Waals surface area contributed by atoms with Crippen molar-refractivity contribution in [3.8, 4) is 6.07 Å². The Morgan fingerprint density at radius 1 is 1.12 bits per heavy atom. The molecule has 1 unspecified atom stereocenters. The second-order valence-corrected chi connectivity index (χ2v) is 6.70. The molecule has 1 fully saturated rings. The summed E-state index contributed by atoms with van der Waals surface area (Å²) in [5.74, 6) is 0.645. The van der Waals surface area contributed by atoms with Gasteiger partial charge in [-0.25, -0.2) is 0 Å². The quantitative estimate of drug-likeness (QED) is 0.878. The van der Waals surface area contributed by atoms with Crippen molar-refractivity contribution in [1.82, 2.24) is 10.2 Å². The van der Waals surface area contributed by atoms with E-state index in [4.69, 9.17) is 0 Å². The van der Waals surface area contributed by atoms with Crippen LogP contribution in [0.3, 0.4) is 0 Å². The van der Waals surface area contributed by atoms with Crippen LogP contribution < -0.4 is 5.32 Å². The summed E-state index contributed by atoms with van der Waals surface area (Å²) in [4.78, 5) is 14.0. The lowest BCUT2D eigenvalue weighted by Crippen LogP contribution is -2.47. The minimum atomic E-state index is -0.382. The highest BCUT2D eigenvalue weighted by Gasteiger charge is 2.37.